The number of sulfone groups is 1. The Balaban J connectivity index is 1.89. The van der Waals surface area contributed by atoms with E-state index in [9.17, 15) is 18.0 Å². The Bertz CT molecular complexity index is 855. The molecule has 6 nitrogen and oxygen atoms in total. The first kappa shape index (κ1) is 18.7. The van der Waals surface area contributed by atoms with Gasteiger partial charge in [-0.1, -0.05) is 19.1 Å². The maximum Gasteiger partial charge on any atom is 0.338 e. The van der Waals surface area contributed by atoms with Gasteiger partial charge in [0, 0.05) is 11.9 Å². The van der Waals surface area contributed by atoms with Crippen molar-refractivity contribution in [2.24, 2.45) is 0 Å². The molecule has 0 radical (unpaired) electrons. The van der Waals surface area contributed by atoms with Gasteiger partial charge in [0.25, 0.3) is 5.91 Å². The van der Waals surface area contributed by atoms with Crippen LogP contribution >= 0.6 is 0 Å². The van der Waals surface area contributed by atoms with Crippen LogP contribution in [0.2, 0.25) is 0 Å². The van der Waals surface area contributed by atoms with E-state index in [0.717, 1.165) is 18.2 Å². The van der Waals surface area contributed by atoms with Crippen molar-refractivity contribution in [3.05, 3.63) is 59.7 Å². The first-order chi connectivity index (χ1) is 11.8. The zero-order valence-electron chi connectivity index (χ0n) is 14.0. The van der Waals surface area contributed by atoms with Crippen LogP contribution in [0.5, 0.6) is 0 Å². The number of amides is 1. The predicted octanol–water partition coefficient (Wildman–Crippen LogP) is 2.45. The Labute approximate surface area is 146 Å². The molecule has 0 aromatic heterocycles. The van der Waals surface area contributed by atoms with Gasteiger partial charge in [0.1, 0.15) is 0 Å². The molecule has 2 aromatic carbocycles. The van der Waals surface area contributed by atoms with Crippen molar-refractivity contribution < 1.29 is 22.7 Å². The van der Waals surface area contributed by atoms with Gasteiger partial charge >= 0.3 is 5.97 Å². The molecule has 132 valence electrons. The monoisotopic (exact) mass is 361 g/mol. The highest BCUT2D eigenvalue weighted by Gasteiger charge is 2.12. The molecule has 0 aliphatic heterocycles. The quantitative estimate of drug-likeness (QED) is 0.798. The molecule has 1 amide bonds. The maximum atomic E-state index is 11.9. The number of rotatable bonds is 6. The Morgan fingerprint density at radius 3 is 2.12 bits per heavy atom. The van der Waals surface area contributed by atoms with Crippen molar-refractivity contribution in [2.45, 2.75) is 18.2 Å². The van der Waals surface area contributed by atoms with Gasteiger partial charge in [-0.15, -0.1) is 0 Å². The highest BCUT2D eigenvalue weighted by atomic mass is 32.2. The fourth-order valence-corrected chi connectivity index (χ4v) is 2.70. The summed E-state index contributed by atoms with van der Waals surface area (Å²) >= 11 is 0. The van der Waals surface area contributed by atoms with Crippen LogP contribution in [0.1, 0.15) is 22.8 Å². The van der Waals surface area contributed by atoms with Gasteiger partial charge in [-0.2, -0.15) is 0 Å². The van der Waals surface area contributed by atoms with Crippen molar-refractivity contribution in [2.75, 3.05) is 18.2 Å². The smallest absolute Gasteiger partial charge is 0.338 e. The van der Waals surface area contributed by atoms with Gasteiger partial charge in [-0.25, -0.2) is 13.2 Å². The highest BCUT2D eigenvalue weighted by Crippen LogP contribution is 2.12. The van der Waals surface area contributed by atoms with Crippen LogP contribution in [0.4, 0.5) is 5.69 Å². The van der Waals surface area contributed by atoms with Gasteiger partial charge in [-0.3, -0.25) is 4.79 Å². The standard InChI is InChI=1S/C18H19NO5S/c1-3-13-4-8-15(9-5-13)19-17(20)12-24-18(21)14-6-10-16(11-7-14)25(2,22)23/h4-11H,3,12H2,1-2H3,(H,19,20). The summed E-state index contributed by atoms with van der Waals surface area (Å²) in [5.74, 6) is -1.15. The number of nitrogens with one attached hydrogen (secondary N) is 1. The molecule has 2 aromatic rings. The molecule has 0 unspecified atom stereocenters. The Morgan fingerprint density at radius 1 is 1.00 bits per heavy atom. The average Bonchev–Trinajstić information content (AvgIpc) is 2.59. The Hall–Kier alpha value is -2.67. The van der Waals surface area contributed by atoms with Gasteiger partial charge in [0.05, 0.1) is 10.5 Å². The fourth-order valence-electron chi connectivity index (χ4n) is 2.07. The van der Waals surface area contributed by atoms with Crippen LogP contribution in [-0.4, -0.2) is 33.2 Å². The molecule has 0 saturated heterocycles. The summed E-state index contributed by atoms with van der Waals surface area (Å²) in [5, 5.41) is 2.63. The number of anilines is 1. The van der Waals surface area contributed by atoms with Crippen molar-refractivity contribution in [1.29, 1.82) is 0 Å². The molecule has 0 heterocycles. The first-order valence-corrected chi connectivity index (χ1v) is 9.55. The summed E-state index contributed by atoms with van der Waals surface area (Å²) in [6, 6.07) is 12.7. The second-order valence-electron chi connectivity index (χ2n) is 5.47. The highest BCUT2D eigenvalue weighted by molar-refractivity contribution is 7.90. The minimum Gasteiger partial charge on any atom is -0.452 e. The minimum absolute atomic E-state index is 0.109. The molecule has 0 saturated carbocycles. The number of ether oxygens (including phenoxy) is 1. The van der Waals surface area contributed by atoms with E-state index < -0.39 is 28.3 Å². The summed E-state index contributed by atoms with van der Waals surface area (Å²) in [7, 11) is -3.33. The van der Waals surface area contributed by atoms with E-state index in [-0.39, 0.29) is 10.5 Å². The topological polar surface area (TPSA) is 89.5 Å². The van der Waals surface area contributed by atoms with Gasteiger partial charge in [0.15, 0.2) is 16.4 Å². The van der Waals surface area contributed by atoms with E-state index in [1.807, 2.05) is 19.1 Å². The number of hydrogen-bond donors (Lipinski definition) is 1. The molecule has 1 N–H and O–H groups in total. The number of aryl methyl sites for hydroxylation is 1. The minimum atomic E-state index is -3.33. The summed E-state index contributed by atoms with van der Waals surface area (Å²) < 4.78 is 27.7. The molecule has 0 aliphatic carbocycles. The Kier molecular flexibility index (Phi) is 5.93. The summed E-state index contributed by atoms with van der Waals surface area (Å²) in [6.45, 7) is 1.61. The number of esters is 1. The van der Waals surface area contributed by atoms with Crippen LogP contribution in [0.15, 0.2) is 53.4 Å². The van der Waals surface area contributed by atoms with Crippen LogP contribution < -0.4 is 5.32 Å². The molecule has 2 rings (SSSR count). The molecule has 0 atom stereocenters. The molecule has 25 heavy (non-hydrogen) atoms. The van der Waals surface area contributed by atoms with E-state index in [2.05, 4.69) is 5.32 Å². The lowest BCUT2D eigenvalue weighted by molar-refractivity contribution is -0.119. The second-order valence-corrected chi connectivity index (χ2v) is 7.49. The zero-order chi connectivity index (χ0) is 18.4. The largest absolute Gasteiger partial charge is 0.452 e. The van der Waals surface area contributed by atoms with Gasteiger partial charge < -0.3 is 10.1 Å². The van der Waals surface area contributed by atoms with E-state index in [0.29, 0.717) is 5.69 Å². The summed E-state index contributed by atoms with van der Waals surface area (Å²) in [4.78, 5) is 23.8. The normalized spacial score (nSPS) is 11.0. The van der Waals surface area contributed by atoms with Crippen LogP contribution in [0, 0.1) is 0 Å². The molecular formula is C18H19NO5S. The van der Waals surface area contributed by atoms with Crippen LogP contribution in [0.25, 0.3) is 0 Å². The fraction of sp³-hybridized carbons (Fsp3) is 0.222. The van der Waals surface area contributed by atoms with Crippen molar-refractivity contribution in [3.8, 4) is 0 Å². The second kappa shape index (κ2) is 7.94. The van der Waals surface area contributed by atoms with Gasteiger partial charge in [0.2, 0.25) is 0 Å². The maximum absolute atomic E-state index is 11.9. The lowest BCUT2D eigenvalue weighted by atomic mass is 10.1. The zero-order valence-corrected chi connectivity index (χ0v) is 14.8. The molecule has 0 spiro atoms. The molecule has 0 bridgehead atoms. The predicted molar refractivity (Wildman–Crippen MR) is 94.3 cm³/mol. The van der Waals surface area contributed by atoms with Crippen LogP contribution in [-0.2, 0) is 25.8 Å². The van der Waals surface area contributed by atoms with E-state index >= 15 is 0 Å². The van der Waals surface area contributed by atoms with E-state index in [1.54, 1.807) is 12.1 Å². The molecular weight excluding hydrogens is 342 g/mol. The molecule has 7 heteroatoms. The third-order valence-corrected chi connectivity index (χ3v) is 4.63. The SMILES string of the molecule is CCc1ccc(NC(=O)COC(=O)c2ccc(S(C)(=O)=O)cc2)cc1. The summed E-state index contributed by atoms with van der Waals surface area (Å²) in [5.41, 5.74) is 1.95. The average molecular weight is 361 g/mol. The van der Waals surface area contributed by atoms with Crippen LogP contribution in [0.3, 0.4) is 0 Å². The lowest BCUT2D eigenvalue weighted by Gasteiger charge is -2.07. The summed E-state index contributed by atoms with van der Waals surface area (Å²) in [6.07, 6.45) is 1.99. The van der Waals surface area contributed by atoms with Crippen molar-refractivity contribution in [3.63, 3.8) is 0 Å². The molecule has 0 fully saturated rings. The van der Waals surface area contributed by atoms with Crippen molar-refractivity contribution >= 4 is 27.4 Å². The van der Waals surface area contributed by atoms with Gasteiger partial charge in [-0.05, 0) is 48.4 Å². The third-order valence-electron chi connectivity index (χ3n) is 3.50. The number of carbonyl (C=O) groups is 2. The van der Waals surface area contributed by atoms with E-state index in [1.165, 1.54) is 24.3 Å². The first-order valence-electron chi connectivity index (χ1n) is 7.65. The Morgan fingerprint density at radius 2 is 1.60 bits per heavy atom. The number of benzene rings is 2. The molecule has 0 aliphatic rings. The number of carbonyl (C=O) groups excluding carboxylic acids is 2. The number of hydrogen-bond acceptors (Lipinski definition) is 5. The van der Waals surface area contributed by atoms with E-state index in [4.69, 9.17) is 4.74 Å². The lowest BCUT2D eigenvalue weighted by Crippen LogP contribution is -2.20. The third kappa shape index (κ3) is 5.42. The van der Waals surface area contributed by atoms with Crippen molar-refractivity contribution in [1.82, 2.24) is 0 Å².